The van der Waals surface area contributed by atoms with Crippen LogP contribution in [0.1, 0.15) is 33.0 Å². The molecule has 0 atom stereocenters. The fourth-order valence-corrected chi connectivity index (χ4v) is 3.97. The van der Waals surface area contributed by atoms with Crippen LogP contribution in [-0.2, 0) is 17.8 Å². The van der Waals surface area contributed by atoms with Gasteiger partial charge in [-0.15, -0.1) is 6.58 Å². The van der Waals surface area contributed by atoms with Gasteiger partial charge in [-0.25, -0.2) is 0 Å². The van der Waals surface area contributed by atoms with Gasteiger partial charge in [0.15, 0.2) is 11.5 Å². The van der Waals surface area contributed by atoms with Crippen LogP contribution in [0.4, 0.5) is 0 Å². The summed E-state index contributed by atoms with van der Waals surface area (Å²) in [5.41, 5.74) is 2.44. The molecule has 7 heteroatoms. The third kappa shape index (κ3) is 6.78. The second-order valence-corrected chi connectivity index (χ2v) is 8.56. The first-order chi connectivity index (χ1) is 17.4. The van der Waals surface area contributed by atoms with E-state index in [2.05, 4.69) is 6.58 Å². The molecule has 0 aliphatic heterocycles. The molecule has 0 unspecified atom stereocenters. The van der Waals surface area contributed by atoms with Gasteiger partial charge in [0, 0.05) is 18.7 Å². The lowest BCUT2D eigenvalue weighted by Crippen LogP contribution is -2.43. The summed E-state index contributed by atoms with van der Waals surface area (Å²) >= 11 is 0. The molecule has 2 aromatic carbocycles. The quantitative estimate of drug-likeness (QED) is 0.341. The van der Waals surface area contributed by atoms with E-state index in [-0.39, 0.29) is 24.9 Å². The molecule has 3 rings (SSSR count). The number of aryl methyl sites for hydroxylation is 2. The van der Waals surface area contributed by atoms with Gasteiger partial charge in [-0.2, -0.15) is 0 Å². The minimum absolute atomic E-state index is 0.0647. The first-order valence-corrected chi connectivity index (χ1v) is 11.9. The van der Waals surface area contributed by atoms with E-state index in [1.807, 2.05) is 62.4 Å². The van der Waals surface area contributed by atoms with E-state index in [1.54, 1.807) is 31.3 Å². The van der Waals surface area contributed by atoms with Crippen LogP contribution in [0.5, 0.6) is 11.5 Å². The highest BCUT2D eigenvalue weighted by Gasteiger charge is 2.23. The van der Waals surface area contributed by atoms with Gasteiger partial charge in [-0.3, -0.25) is 9.59 Å². The van der Waals surface area contributed by atoms with E-state index in [4.69, 9.17) is 13.9 Å². The normalized spacial score (nSPS) is 10.6. The number of nitrogens with zero attached hydrogens (tertiary/aromatic N) is 2. The fourth-order valence-electron chi connectivity index (χ4n) is 3.97. The van der Waals surface area contributed by atoms with E-state index < -0.39 is 0 Å². The van der Waals surface area contributed by atoms with Crippen molar-refractivity contribution in [1.29, 1.82) is 0 Å². The van der Waals surface area contributed by atoms with E-state index in [0.717, 1.165) is 16.9 Å². The fraction of sp³-hybridized carbons (Fsp3) is 0.310. The Hall–Kier alpha value is -4.00. The predicted molar refractivity (Wildman–Crippen MR) is 139 cm³/mol. The molecular formula is C29H34N2O5. The van der Waals surface area contributed by atoms with Crippen LogP contribution >= 0.6 is 0 Å². The average Bonchev–Trinajstić information content (AvgIpc) is 3.30. The van der Waals surface area contributed by atoms with E-state index in [9.17, 15) is 9.59 Å². The lowest BCUT2D eigenvalue weighted by Gasteiger charge is -2.27. The first kappa shape index (κ1) is 26.6. The van der Waals surface area contributed by atoms with Crippen molar-refractivity contribution in [3.63, 3.8) is 0 Å². The zero-order valence-electron chi connectivity index (χ0n) is 21.5. The van der Waals surface area contributed by atoms with Crippen LogP contribution in [0.3, 0.4) is 0 Å². The minimum atomic E-state index is -0.199. The highest BCUT2D eigenvalue weighted by Crippen LogP contribution is 2.28. The van der Waals surface area contributed by atoms with Gasteiger partial charge < -0.3 is 23.7 Å². The Morgan fingerprint density at radius 1 is 0.972 bits per heavy atom. The van der Waals surface area contributed by atoms with Crippen LogP contribution < -0.4 is 9.47 Å². The largest absolute Gasteiger partial charge is 0.493 e. The predicted octanol–water partition coefficient (Wildman–Crippen LogP) is 4.81. The number of methoxy groups -OCH3 is 2. The zero-order chi connectivity index (χ0) is 26.1. The van der Waals surface area contributed by atoms with Gasteiger partial charge in [-0.05, 0) is 61.7 Å². The molecule has 0 N–H and O–H groups in total. The van der Waals surface area contributed by atoms with E-state index >= 15 is 0 Å². The minimum Gasteiger partial charge on any atom is -0.493 e. The second-order valence-electron chi connectivity index (χ2n) is 8.56. The molecule has 36 heavy (non-hydrogen) atoms. The van der Waals surface area contributed by atoms with Crippen LogP contribution in [-0.4, -0.2) is 55.5 Å². The summed E-state index contributed by atoms with van der Waals surface area (Å²) in [6.07, 6.45) is 2.23. The summed E-state index contributed by atoms with van der Waals surface area (Å²) < 4.78 is 16.5. The maximum atomic E-state index is 13.5. The SMILES string of the molecule is C=CCN(CC(=O)N(CCc1ccc(OC)c(OC)c1)Cc1ccc(C)o1)C(=O)c1ccccc1C. The van der Waals surface area contributed by atoms with Gasteiger partial charge in [0.05, 0.1) is 20.8 Å². The van der Waals surface area contributed by atoms with Gasteiger partial charge in [0.1, 0.15) is 18.1 Å². The number of hydrogen-bond donors (Lipinski definition) is 0. The van der Waals surface area contributed by atoms with Crippen molar-refractivity contribution in [2.24, 2.45) is 0 Å². The molecule has 0 radical (unpaired) electrons. The Morgan fingerprint density at radius 2 is 1.72 bits per heavy atom. The number of hydrogen-bond acceptors (Lipinski definition) is 5. The van der Waals surface area contributed by atoms with Gasteiger partial charge in [0.25, 0.3) is 5.91 Å². The summed E-state index contributed by atoms with van der Waals surface area (Å²) in [6.45, 7) is 8.47. The molecule has 3 aromatic rings. The molecule has 0 spiro atoms. The number of furan rings is 1. The molecular weight excluding hydrogens is 456 g/mol. The van der Waals surface area contributed by atoms with Crippen molar-refractivity contribution in [3.05, 3.63) is 95.5 Å². The summed E-state index contributed by atoms with van der Waals surface area (Å²) in [4.78, 5) is 30.0. The number of amides is 2. The van der Waals surface area contributed by atoms with Crippen LogP contribution in [0.25, 0.3) is 0 Å². The van der Waals surface area contributed by atoms with Crippen molar-refractivity contribution >= 4 is 11.8 Å². The van der Waals surface area contributed by atoms with Gasteiger partial charge in [-0.1, -0.05) is 30.3 Å². The van der Waals surface area contributed by atoms with Crippen LogP contribution in [0.15, 0.2) is 71.7 Å². The molecule has 190 valence electrons. The lowest BCUT2D eigenvalue weighted by atomic mass is 10.1. The van der Waals surface area contributed by atoms with Gasteiger partial charge in [0.2, 0.25) is 5.91 Å². The molecule has 1 aromatic heterocycles. The smallest absolute Gasteiger partial charge is 0.254 e. The zero-order valence-corrected chi connectivity index (χ0v) is 21.5. The van der Waals surface area contributed by atoms with Crippen molar-refractivity contribution in [1.82, 2.24) is 9.80 Å². The number of carbonyl (C=O) groups is 2. The number of ether oxygens (including phenoxy) is 2. The summed E-state index contributed by atoms with van der Waals surface area (Å²) in [6, 6.07) is 16.8. The summed E-state index contributed by atoms with van der Waals surface area (Å²) in [5, 5.41) is 0. The van der Waals surface area contributed by atoms with Crippen LogP contribution in [0.2, 0.25) is 0 Å². The molecule has 7 nitrogen and oxygen atoms in total. The van der Waals surface area contributed by atoms with E-state index in [0.29, 0.717) is 42.3 Å². The monoisotopic (exact) mass is 490 g/mol. The third-order valence-corrected chi connectivity index (χ3v) is 5.95. The van der Waals surface area contributed by atoms with E-state index in [1.165, 1.54) is 4.90 Å². The Morgan fingerprint density at radius 3 is 2.36 bits per heavy atom. The van der Waals surface area contributed by atoms with Gasteiger partial charge >= 0.3 is 0 Å². The van der Waals surface area contributed by atoms with Crippen molar-refractivity contribution in [3.8, 4) is 11.5 Å². The molecule has 0 saturated heterocycles. The number of rotatable bonds is 12. The lowest BCUT2D eigenvalue weighted by molar-refractivity contribution is -0.132. The topological polar surface area (TPSA) is 72.2 Å². The second kappa shape index (κ2) is 12.6. The Kier molecular flexibility index (Phi) is 9.33. The highest BCUT2D eigenvalue weighted by atomic mass is 16.5. The molecule has 0 bridgehead atoms. The molecule has 0 aliphatic rings. The molecule has 0 saturated carbocycles. The number of carbonyl (C=O) groups excluding carboxylic acids is 2. The average molecular weight is 491 g/mol. The Bertz CT molecular complexity index is 1200. The van der Waals surface area contributed by atoms with Crippen molar-refractivity contribution < 1.29 is 23.5 Å². The van der Waals surface area contributed by atoms with Crippen LogP contribution in [0, 0.1) is 13.8 Å². The van der Waals surface area contributed by atoms with Crippen molar-refractivity contribution in [2.45, 2.75) is 26.8 Å². The molecule has 0 fully saturated rings. The molecule has 0 aliphatic carbocycles. The summed E-state index contributed by atoms with van der Waals surface area (Å²) in [7, 11) is 3.19. The number of benzene rings is 2. The van der Waals surface area contributed by atoms with Crippen molar-refractivity contribution in [2.75, 3.05) is 33.9 Å². The molecule has 2 amide bonds. The summed E-state index contributed by atoms with van der Waals surface area (Å²) in [5.74, 6) is 2.38. The standard InChI is InChI=1S/C29H34N2O5/c1-6-16-31(29(33)25-10-8-7-9-21(25)2)20-28(32)30(19-24-13-11-22(3)36-24)17-15-23-12-14-26(34-4)27(18-23)35-5/h6-14,18H,1,15-17,19-20H2,2-5H3. The Labute approximate surface area is 212 Å². The Balaban J connectivity index is 1.79. The first-order valence-electron chi connectivity index (χ1n) is 11.9. The third-order valence-electron chi connectivity index (χ3n) is 5.95. The maximum Gasteiger partial charge on any atom is 0.254 e. The highest BCUT2D eigenvalue weighted by molar-refractivity contribution is 5.97. The molecule has 1 heterocycles. The maximum absolute atomic E-state index is 13.5.